The van der Waals surface area contributed by atoms with E-state index in [2.05, 4.69) is 73.7 Å². The third kappa shape index (κ3) is 5.35. The van der Waals surface area contributed by atoms with Crippen LogP contribution in [0.15, 0.2) is 65.1 Å². The Kier molecular flexibility index (Phi) is 7.68. The van der Waals surface area contributed by atoms with Crippen LogP contribution in [0, 0.1) is 0 Å². The van der Waals surface area contributed by atoms with E-state index in [0.29, 0.717) is 13.0 Å². The molecule has 0 aromatic heterocycles. The summed E-state index contributed by atoms with van der Waals surface area (Å²) in [7, 11) is -2.50. The minimum atomic E-state index is -2.50. The molecule has 28 heavy (non-hydrogen) atoms. The topological polar surface area (TPSA) is 44.7 Å². The van der Waals surface area contributed by atoms with Gasteiger partial charge in [0, 0.05) is 13.0 Å². The Balaban J connectivity index is 2.31. The van der Waals surface area contributed by atoms with Gasteiger partial charge in [0.15, 0.2) is 0 Å². The Morgan fingerprint density at radius 3 is 1.75 bits per heavy atom. The van der Waals surface area contributed by atoms with Crippen LogP contribution in [0.2, 0.25) is 5.04 Å². The first-order valence-corrected chi connectivity index (χ1v) is 12.8. The summed E-state index contributed by atoms with van der Waals surface area (Å²) in [4.78, 5) is 0. The summed E-state index contributed by atoms with van der Waals surface area (Å²) < 4.78 is 22.8. The molecular weight excluding hydrogens is 382 g/mol. The SMILES string of the molecule is CC(C)(C)[S@@+]([O-])/N=C/CCO[Si](c1ccccc1)(c1ccccc1)C(C)(C)C. The van der Waals surface area contributed by atoms with E-state index in [1.165, 1.54) is 10.4 Å². The lowest BCUT2D eigenvalue weighted by molar-refractivity contribution is 0.309. The maximum atomic E-state index is 12.1. The van der Waals surface area contributed by atoms with Gasteiger partial charge in [-0.1, -0.05) is 85.8 Å². The van der Waals surface area contributed by atoms with E-state index in [-0.39, 0.29) is 9.79 Å². The number of hydrogen-bond donors (Lipinski definition) is 0. The highest BCUT2D eigenvalue weighted by Crippen LogP contribution is 2.36. The molecule has 0 N–H and O–H groups in total. The van der Waals surface area contributed by atoms with Gasteiger partial charge < -0.3 is 8.98 Å². The second-order valence-corrected chi connectivity index (χ2v) is 15.2. The first kappa shape index (κ1) is 22.9. The zero-order valence-electron chi connectivity index (χ0n) is 17.9. The van der Waals surface area contributed by atoms with Gasteiger partial charge in [-0.25, -0.2) is 0 Å². The van der Waals surface area contributed by atoms with Crippen LogP contribution in [0.5, 0.6) is 0 Å². The van der Waals surface area contributed by atoms with E-state index in [1.54, 1.807) is 6.21 Å². The number of hydrogen-bond acceptors (Lipinski definition) is 3. The molecule has 0 aliphatic carbocycles. The first-order valence-electron chi connectivity index (χ1n) is 9.78. The Labute approximate surface area is 174 Å². The molecule has 0 radical (unpaired) electrons. The molecular formula is C23H33NO2SSi. The predicted molar refractivity (Wildman–Crippen MR) is 125 cm³/mol. The molecule has 2 rings (SSSR count). The summed E-state index contributed by atoms with van der Waals surface area (Å²) >= 11 is -1.23. The molecule has 0 spiro atoms. The molecule has 0 saturated carbocycles. The van der Waals surface area contributed by atoms with Crippen molar-refractivity contribution in [1.29, 1.82) is 0 Å². The molecule has 0 heterocycles. The minimum absolute atomic E-state index is 0.0406. The molecule has 0 aliphatic rings. The monoisotopic (exact) mass is 415 g/mol. The third-order valence-electron chi connectivity index (χ3n) is 4.68. The lowest BCUT2D eigenvalue weighted by Crippen LogP contribution is -2.66. The van der Waals surface area contributed by atoms with Gasteiger partial charge in [-0.3, -0.25) is 0 Å². The van der Waals surface area contributed by atoms with Crippen LogP contribution in [-0.2, 0) is 15.8 Å². The maximum absolute atomic E-state index is 12.1. The highest BCUT2D eigenvalue weighted by atomic mass is 32.2. The second-order valence-electron chi connectivity index (χ2n) is 8.95. The van der Waals surface area contributed by atoms with Crippen molar-refractivity contribution in [3.8, 4) is 0 Å². The van der Waals surface area contributed by atoms with Crippen molar-refractivity contribution in [3.05, 3.63) is 60.7 Å². The smallest absolute Gasteiger partial charge is 0.261 e. The predicted octanol–water partition coefficient (Wildman–Crippen LogP) is 4.49. The summed E-state index contributed by atoms with van der Waals surface area (Å²) in [5.41, 5.74) is 0. The van der Waals surface area contributed by atoms with Crippen LogP contribution in [0.25, 0.3) is 0 Å². The van der Waals surface area contributed by atoms with Crippen molar-refractivity contribution < 1.29 is 8.98 Å². The molecule has 0 bridgehead atoms. The zero-order chi connectivity index (χ0) is 20.8. The lowest BCUT2D eigenvalue weighted by Gasteiger charge is -2.43. The quantitative estimate of drug-likeness (QED) is 0.289. The molecule has 1 atom stereocenters. The molecule has 3 nitrogen and oxygen atoms in total. The molecule has 0 aliphatic heterocycles. The average Bonchev–Trinajstić information content (AvgIpc) is 2.64. The standard InChI is InChI=1S/C23H33NO2SSi/c1-22(2,3)27(25)24-18-13-19-26-28(23(4,5)6,20-14-9-7-10-15-20)21-16-11-8-12-17-21/h7-12,14-18H,13,19H2,1-6H3/b24-18+/t27-/m1/s1. The number of nitrogens with zero attached hydrogens (tertiary/aromatic N) is 1. The maximum Gasteiger partial charge on any atom is 0.261 e. The summed E-state index contributed by atoms with van der Waals surface area (Å²) in [5.74, 6) is 0. The van der Waals surface area contributed by atoms with Crippen molar-refractivity contribution in [2.45, 2.75) is 57.7 Å². The van der Waals surface area contributed by atoms with Crippen molar-refractivity contribution in [3.63, 3.8) is 0 Å². The van der Waals surface area contributed by atoms with Gasteiger partial charge in [0.25, 0.3) is 8.32 Å². The van der Waals surface area contributed by atoms with Crippen molar-refractivity contribution >= 4 is 36.3 Å². The Morgan fingerprint density at radius 1 is 0.893 bits per heavy atom. The minimum Gasteiger partial charge on any atom is -0.591 e. The molecule has 0 fully saturated rings. The average molecular weight is 416 g/mol. The molecule has 0 unspecified atom stereocenters. The van der Waals surface area contributed by atoms with E-state index in [4.69, 9.17) is 4.43 Å². The Morgan fingerprint density at radius 2 is 1.36 bits per heavy atom. The molecule has 0 saturated heterocycles. The van der Waals surface area contributed by atoms with Gasteiger partial charge in [0.2, 0.25) is 0 Å². The van der Waals surface area contributed by atoms with Crippen molar-refractivity contribution in [2.75, 3.05) is 6.61 Å². The van der Waals surface area contributed by atoms with Crippen molar-refractivity contribution in [1.82, 2.24) is 0 Å². The molecule has 2 aromatic rings. The highest BCUT2D eigenvalue weighted by Gasteiger charge is 2.49. The summed E-state index contributed by atoms with van der Waals surface area (Å²) in [5, 5.41) is 2.49. The summed E-state index contributed by atoms with van der Waals surface area (Å²) in [6, 6.07) is 21.2. The van der Waals surface area contributed by atoms with E-state index in [0.717, 1.165) is 0 Å². The summed E-state index contributed by atoms with van der Waals surface area (Å²) in [6.07, 6.45) is 2.39. The first-order chi connectivity index (χ1) is 13.1. The van der Waals surface area contributed by atoms with Crippen molar-refractivity contribution in [2.24, 2.45) is 4.40 Å². The van der Waals surface area contributed by atoms with Gasteiger partial charge >= 0.3 is 0 Å². The lowest BCUT2D eigenvalue weighted by atomic mass is 10.2. The second kappa shape index (κ2) is 9.40. The fourth-order valence-electron chi connectivity index (χ4n) is 3.30. The molecule has 2 aromatic carbocycles. The zero-order valence-corrected chi connectivity index (χ0v) is 19.8. The van der Waals surface area contributed by atoms with Crippen LogP contribution in [0.3, 0.4) is 0 Å². The molecule has 0 amide bonds. The fraction of sp³-hybridized carbons (Fsp3) is 0.435. The molecule has 152 valence electrons. The third-order valence-corrected chi connectivity index (χ3v) is 11.1. The Hall–Kier alpha value is -1.40. The van der Waals surface area contributed by atoms with E-state index < -0.39 is 19.7 Å². The van der Waals surface area contributed by atoms with Gasteiger partial charge in [-0.15, -0.1) is 0 Å². The van der Waals surface area contributed by atoms with E-state index >= 15 is 0 Å². The van der Waals surface area contributed by atoms with Crippen LogP contribution in [-0.4, -0.2) is 30.4 Å². The van der Waals surface area contributed by atoms with E-state index in [9.17, 15) is 4.55 Å². The molecule has 5 heteroatoms. The largest absolute Gasteiger partial charge is 0.591 e. The van der Waals surface area contributed by atoms with Gasteiger partial charge in [0.05, 0.1) is 6.21 Å². The van der Waals surface area contributed by atoms with Gasteiger partial charge in [-0.05, 0) is 36.2 Å². The highest BCUT2D eigenvalue weighted by molar-refractivity contribution is 7.91. The Bertz CT molecular complexity index is 712. The fourth-order valence-corrected chi connectivity index (χ4v) is 8.44. The van der Waals surface area contributed by atoms with Gasteiger partial charge in [-0.2, -0.15) is 0 Å². The summed E-state index contributed by atoms with van der Waals surface area (Å²) in [6.45, 7) is 13.1. The van der Waals surface area contributed by atoms with Gasteiger partial charge in [0.1, 0.15) is 16.1 Å². The van der Waals surface area contributed by atoms with Crippen LogP contribution >= 0.6 is 0 Å². The number of rotatable bonds is 7. The normalized spacial score (nSPS) is 14.4. The van der Waals surface area contributed by atoms with Crippen LogP contribution in [0.4, 0.5) is 0 Å². The van der Waals surface area contributed by atoms with Crippen LogP contribution < -0.4 is 10.4 Å². The van der Waals surface area contributed by atoms with Crippen LogP contribution in [0.1, 0.15) is 48.0 Å². The van der Waals surface area contributed by atoms with E-state index in [1.807, 2.05) is 32.9 Å². The number of benzene rings is 2.